The van der Waals surface area contributed by atoms with Crippen LogP contribution in [0, 0.1) is 23.2 Å². The van der Waals surface area contributed by atoms with E-state index in [9.17, 15) is 4.79 Å². The zero-order valence-corrected chi connectivity index (χ0v) is 18.8. The molecule has 2 aliphatic carbocycles. The Kier molecular flexibility index (Phi) is 11.0. The highest BCUT2D eigenvalue weighted by molar-refractivity contribution is 5.95. The van der Waals surface area contributed by atoms with Crippen molar-refractivity contribution in [3.63, 3.8) is 0 Å². The summed E-state index contributed by atoms with van der Waals surface area (Å²) >= 11 is 0. The van der Waals surface area contributed by atoms with Crippen LogP contribution in [0.15, 0.2) is 0 Å². The number of nitrogens with zero attached hydrogens (tertiary/aromatic N) is 1. The Morgan fingerprint density at radius 3 is 2.59 bits per heavy atom. The van der Waals surface area contributed by atoms with Gasteiger partial charge in [0.15, 0.2) is 5.96 Å². The van der Waals surface area contributed by atoms with Crippen LogP contribution in [0.3, 0.4) is 0 Å². The van der Waals surface area contributed by atoms with Gasteiger partial charge in [0.25, 0.3) is 0 Å². The van der Waals surface area contributed by atoms with Crippen molar-refractivity contribution in [3.05, 3.63) is 0 Å². The van der Waals surface area contributed by atoms with Crippen LogP contribution in [0.1, 0.15) is 83.5 Å². The van der Waals surface area contributed by atoms with Crippen molar-refractivity contribution in [1.82, 2.24) is 10.2 Å². The lowest BCUT2D eigenvalue weighted by molar-refractivity contribution is -0.131. The van der Waals surface area contributed by atoms with Crippen LogP contribution in [0.25, 0.3) is 0 Å². The molecule has 0 aromatic heterocycles. The third-order valence-electron chi connectivity index (χ3n) is 7.05. The second kappa shape index (κ2) is 13.2. The van der Waals surface area contributed by atoms with E-state index in [1.165, 1.54) is 56.3 Å². The van der Waals surface area contributed by atoms with Gasteiger partial charge in [0, 0.05) is 32.7 Å². The van der Waals surface area contributed by atoms with E-state index in [2.05, 4.69) is 5.32 Å². The van der Waals surface area contributed by atoms with E-state index in [0.29, 0.717) is 12.0 Å². The van der Waals surface area contributed by atoms with Crippen LogP contribution in [0.5, 0.6) is 0 Å². The maximum absolute atomic E-state index is 13.0. The molecule has 3 atom stereocenters. The van der Waals surface area contributed by atoms with E-state index in [1.807, 2.05) is 0 Å². The fourth-order valence-electron chi connectivity index (χ4n) is 5.26. The van der Waals surface area contributed by atoms with Crippen molar-refractivity contribution in [2.45, 2.75) is 89.5 Å². The largest absolute Gasteiger partial charge is 0.385 e. The number of hydrogen-bond donors (Lipinski definition) is 3. The van der Waals surface area contributed by atoms with Gasteiger partial charge in [-0.15, -0.1) is 0 Å². The Bertz CT molecular complexity index is 493. The minimum absolute atomic E-state index is 0.00284. The molecule has 2 fully saturated rings. The van der Waals surface area contributed by atoms with Crippen molar-refractivity contribution >= 4 is 11.9 Å². The maximum atomic E-state index is 13.0. The standard InChI is InChI=1S/C23H44N4O2/c1-27(23(24)25)22(28)20(13-12-18-8-4-3-5-9-18)16-19-10-6-11-21(17-19)26-14-7-15-29-2/h18-21,26H,3-17H2,1-2H3,(H3,24,25)/t19-,20+,21+/m1/s1. The van der Waals surface area contributed by atoms with Gasteiger partial charge in [0.1, 0.15) is 0 Å². The average molecular weight is 409 g/mol. The highest BCUT2D eigenvalue weighted by Gasteiger charge is 2.30. The minimum atomic E-state index is -0.140. The molecule has 0 aromatic carbocycles. The van der Waals surface area contributed by atoms with E-state index in [0.717, 1.165) is 51.2 Å². The van der Waals surface area contributed by atoms with E-state index >= 15 is 0 Å². The lowest BCUT2D eigenvalue weighted by Gasteiger charge is -2.33. The number of carbonyl (C=O) groups is 1. The first-order chi connectivity index (χ1) is 14.0. The zero-order valence-electron chi connectivity index (χ0n) is 18.8. The van der Waals surface area contributed by atoms with E-state index in [-0.39, 0.29) is 17.8 Å². The second-order valence-electron chi connectivity index (χ2n) is 9.33. The summed E-state index contributed by atoms with van der Waals surface area (Å²) in [6.07, 6.45) is 15.6. The molecule has 2 rings (SSSR count). The highest BCUT2D eigenvalue weighted by atomic mass is 16.5. The van der Waals surface area contributed by atoms with Crippen molar-refractivity contribution in [2.24, 2.45) is 23.5 Å². The number of amides is 1. The predicted octanol–water partition coefficient (Wildman–Crippen LogP) is 3.89. The number of carbonyl (C=O) groups excluding carboxylic acids is 1. The summed E-state index contributed by atoms with van der Waals surface area (Å²) in [4.78, 5) is 14.4. The van der Waals surface area contributed by atoms with Crippen LogP contribution in [0.2, 0.25) is 0 Å². The van der Waals surface area contributed by atoms with Gasteiger partial charge in [-0.2, -0.15) is 0 Å². The van der Waals surface area contributed by atoms with Gasteiger partial charge in [-0.3, -0.25) is 15.1 Å². The summed E-state index contributed by atoms with van der Waals surface area (Å²) < 4.78 is 5.14. The third kappa shape index (κ3) is 8.63. The summed E-state index contributed by atoms with van der Waals surface area (Å²) in [5.41, 5.74) is 5.62. The molecule has 0 bridgehead atoms. The first kappa shape index (κ1) is 24.1. The highest BCUT2D eigenvalue weighted by Crippen LogP contribution is 2.34. The van der Waals surface area contributed by atoms with E-state index in [1.54, 1.807) is 14.2 Å². The molecule has 0 heterocycles. The Balaban J connectivity index is 1.88. The number of hydrogen-bond acceptors (Lipinski definition) is 4. The Morgan fingerprint density at radius 1 is 1.17 bits per heavy atom. The summed E-state index contributed by atoms with van der Waals surface area (Å²) in [6, 6.07) is 0.560. The summed E-state index contributed by atoms with van der Waals surface area (Å²) in [6.45, 7) is 1.81. The van der Waals surface area contributed by atoms with Gasteiger partial charge in [-0.1, -0.05) is 44.9 Å². The van der Waals surface area contributed by atoms with Crippen LogP contribution in [0.4, 0.5) is 0 Å². The van der Waals surface area contributed by atoms with Crippen molar-refractivity contribution in [3.8, 4) is 0 Å². The topological polar surface area (TPSA) is 91.4 Å². The van der Waals surface area contributed by atoms with Crippen molar-refractivity contribution in [1.29, 1.82) is 5.41 Å². The number of guanidine groups is 1. The first-order valence-electron chi connectivity index (χ1n) is 11.8. The number of rotatable bonds is 11. The molecule has 4 N–H and O–H groups in total. The smallest absolute Gasteiger partial charge is 0.232 e. The van der Waals surface area contributed by atoms with Gasteiger partial charge in [-0.05, 0) is 56.9 Å². The minimum Gasteiger partial charge on any atom is -0.385 e. The monoisotopic (exact) mass is 408 g/mol. The van der Waals surface area contributed by atoms with Crippen molar-refractivity contribution in [2.75, 3.05) is 27.3 Å². The molecule has 0 aromatic rings. The number of nitrogens with one attached hydrogen (secondary N) is 2. The Hall–Kier alpha value is -1.14. The van der Waals surface area contributed by atoms with Gasteiger partial charge in [-0.25, -0.2) is 0 Å². The summed E-state index contributed by atoms with van der Waals surface area (Å²) in [5.74, 6) is 1.28. The molecule has 0 spiro atoms. The lowest BCUT2D eigenvalue weighted by Crippen LogP contribution is -2.42. The molecule has 0 aliphatic heterocycles. The number of ether oxygens (including phenoxy) is 1. The lowest BCUT2D eigenvalue weighted by atomic mass is 9.77. The number of methoxy groups -OCH3 is 1. The maximum Gasteiger partial charge on any atom is 0.232 e. The number of nitrogens with two attached hydrogens (primary N) is 1. The van der Waals surface area contributed by atoms with E-state index < -0.39 is 0 Å². The molecule has 0 saturated heterocycles. The quantitative estimate of drug-likeness (QED) is 0.275. The molecule has 6 heteroatoms. The molecular formula is C23H44N4O2. The van der Waals surface area contributed by atoms with Gasteiger partial charge in [0.05, 0.1) is 0 Å². The molecule has 6 nitrogen and oxygen atoms in total. The molecule has 168 valence electrons. The molecule has 0 radical (unpaired) electrons. The summed E-state index contributed by atoms with van der Waals surface area (Å²) in [5, 5.41) is 11.4. The summed E-state index contributed by atoms with van der Waals surface area (Å²) in [7, 11) is 3.40. The average Bonchev–Trinajstić information content (AvgIpc) is 2.74. The van der Waals surface area contributed by atoms with Gasteiger partial charge in [0.2, 0.25) is 5.91 Å². The molecule has 0 unspecified atom stereocenters. The van der Waals surface area contributed by atoms with Crippen LogP contribution < -0.4 is 11.1 Å². The van der Waals surface area contributed by atoms with Gasteiger partial charge >= 0.3 is 0 Å². The second-order valence-corrected chi connectivity index (χ2v) is 9.33. The molecule has 2 saturated carbocycles. The predicted molar refractivity (Wildman–Crippen MR) is 119 cm³/mol. The van der Waals surface area contributed by atoms with Crippen LogP contribution in [-0.2, 0) is 9.53 Å². The van der Waals surface area contributed by atoms with Gasteiger partial charge < -0.3 is 15.8 Å². The molecule has 2 aliphatic rings. The fraction of sp³-hybridized carbons (Fsp3) is 0.913. The molecule has 1 amide bonds. The Morgan fingerprint density at radius 2 is 1.90 bits per heavy atom. The first-order valence-corrected chi connectivity index (χ1v) is 11.8. The SMILES string of the molecule is COCCCN[C@H]1CCC[C@H](C[C@H](CCC2CCCCC2)C(=O)N(C)C(=N)N)C1. The molecular weight excluding hydrogens is 364 g/mol. The van der Waals surface area contributed by atoms with Crippen LogP contribution in [-0.4, -0.2) is 50.1 Å². The molecule has 29 heavy (non-hydrogen) atoms. The normalized spacial score (nSPS) is 24.2. The van der Waals surface area contributed by atoms with Crippen molar-refractivity contribution < 1.29 is 9.53 Å². The Labute approximate surface area is 177 Å². The van der Waals surface area contributed by atoms with Crippen LogP contribution >= 0.6 is 0 Å². The zero-order chi connectivity index (χ0) is 21.1. The fourth-order valence-corrected chi connectivity index (χ4v) is 5.26. The third-order valence-corrected chi connectivity index (χ3v) is 7.05. The van der Waals surface area contributed by atoms with E-state index in [4.69, 9.17) is 15.9 Å².